The van der Waals surface area contributed by atoms with Gasteiger partial charge in [0.2, 0.25) is 0 Å². The summed E-state index contributed by atoms with van der Waals surface area (Å²) in [6.45, 7) is 6.74. The van der Waals surface area contributed by atoms with Crippen molar-refractivity contribution in [1.82, 2.24) is 0 Å². The summed E-state index contributed by atoms with van der Waals surface area (Å²) in [6.07, 6.45) is 0.883. The van der Waals surface area contributed by atoms with E-state index in [4.69, 9.17) is 23.1 Å². The first-order valence-electron chi connectivity index (χ1n) is 6.35. The molecule has 19 heavy (non-hydrogen) atoms. The van der Waals surface area contributed by atoms with Crippen LogP contribution in [0.15, 0.2) is 18.2 Å². The third-order valence-electron chi connectivity index (χ3n) is 3.01. The zero-order valence-electron chi connectivity index (χ0n) is 11.7. The van der Waals surface area contributed by atoms with Gasteiger partial charge in [0.1, 0.15) is 0 Å². The van der Waals surface area contributed by atoms with Crippen LogP contribution < -0.4 is 16.8 Å². The minimum Gasteiger partial charge on any atom is -0.378 e. The smallest absolute Gasteiger partial charge is 0.252 e. The summed E-state index contributed by atoms with van der Waals surface area (Å²) in [5.41, 5.74) is 11.9. The number of nitrogens with one attached hydrogen (secondary N) is 1. The minimum absolute atomic E-state index is 0.303. The molecule has 0 aliphatic carbocycles. The molecule has 0 aromatic heterocycles. The van der Waals surface area contributed by atoms with Crippen LogP contribution >= 0.6 is 11.6 Å². The van der Waals surface area contributed by atoms with Crippen LogP contribution in [0.3, 0.4) is 0 Å². The molecule has 0 radical (unpaired) electrons. The largest absolute Gasteiger partial charge is 0.378 e. The van der Waals surface area contributed by atoms with Crippen LogP contribution in [0.2, 0.25) is 5.02 Å². The van der Waals surface area contributed by atoms with Gasteiger partial charge in [0.15, 0.2) is 0 Å². The Morgan fingerprint density at radius 2 is 2.11 bits per heavy atom. The monoisotopic (exact) mass is 283 g/mol. The van der Waals surface area contributed by atoms with Crippen LogP contribution in [-0.2, 0) is 0 Å². The van der Waals surface area contributed by atoms with Gasteiger partial charge in [-0.25, -0.2) is 0 Å². The predicted octanol–water partition coefficient (Wildman–Crippen LogP) is 2.61. The highest BCUT2D eigenvalue weighted by atomic mass is 35.5. The molecule has 0 bridgehead atoms. The van der Waals surface area contributed by atoms with Crippen molar-refractivity contribution in [2.24, 2.45) is 17.4 Å². The van der Waals surface area contributed by atoms with Crippen molar-refractivity contribution < 1.29 is 4.79 Å². The van der Waals surface area contributed by atoms with E-state index in [-0.39, 0.29) is 5.54 Å². The number of amides is 1. The fourth-order valence-corrected chi connectivity index (χ4v) is 2.56. The number of carbonyl (C=O) groups excluding carboxylic acids is 1. The molecule has 1 atom stereocenters. The van der Waals surface area contributed by atoms with Crippen LogP contribution in [0.5, 0.6) is 0 Å². The van der Waals surface area contributed by atoms with Gasteiger partial charge in [-0.3, -0.25) is 4.79 Å². The molecule has 0 aliphatic heterocycles. The zero-order chi connectivity index (χ0) is 14.6. The molecule has 106 valence electrons. The molecule has 4 nitrogen and oxygen atoms in total. The molecular weight excluding hydrogens is 262 g/mol. The Balaban J connectivity index is 3.10. The molecule has 0 saturated heterocycles. The number of hydrogen-bond donors (Lipinski definition) is 3. The van der Waals surface area contributed by atoms with E-state index in [0.717, 1.165) is 6.42 Å². The highest BCUT2D eigenvalue weighted by Gasteiger charge is 2.25. The maximum absolute atomic E-state index is 11.5. The Labute approximate surface area is 119 Å². The van der Waals surface area contributed by atoms with Crippen LogP contribution in [0, 0.1) is 5.92 Å². The molecule has 0 aliphatic rings. The maximum atomic E-state index is 11.5. The summed E-state index contributed by atoms with van der Waals surface area (Å²) in [7, 11) is 0. The fourth-order valence-electron chi connectivity index (χ4n) is 2.29. The fraction of sp³-hybridized carbons (Fsp3) is 0.500. The lowest BCUT2D eigenvalue weighted by Crippen LogP contribution is -2.44. The van der Waals surface area contributed by atoms with Gasteiger partial charge in [0.05, 0.1) is 10.6 Å². The quantitative estimate of drug-likeness (QED) is 0.751. The van der Waals surface area contributed by atoms with Crippen LogP contribution in [0.1, 0.15) is 37.6 Å². The van der Waals surface area contributed by atoms with Crippen molar-refractivity contribution in [1.29, 1.82) is 0 Å². The van der Waals surface area contributed by atoms with E-state index in [0.29, 0.717) is 28.7 Å². The molecule has 5 heteroatoms. The number of anilines is 1. The Morgan fingerprint density at radius 3 is 2.58 bits per heavy atom. The summed E-state index contributed by atoms with van der Waals surface area (Å²) in [5, 5.41) is 3.67. The Morgan fingerprint density at radius 1 is 1.47 bits per heavy atom. The second kappa shape index (κ2) is 6.26. The zero-order valence-corrected chi connectivity index (χ0v) is 12.4. The topological polar surface area (TPSA) is 81.1 Å². The summed E-state index contributed by atoms with van der Waals surface area (Å²) >= 11 is 6.03. The van der Waals surface area contributed by atoms with Gasteiger partial charge in [-0.05, 0) is 31.4 Å². The molecule has 1 rings (SSSR count). The number of halogens is 1. The van der Waals surface area contributed by atoms with Crippen LogP contribution in [0.4, 0.5) is 5.69 Å². The molecule has 1 amide bonds. The molecule has 5 N–H and O–H groups in total. The van der Waals surface area contributed by atoms with Crippen LogP contribution in [0.25, 0.3) is 0 Å². The normalized spacial score (nSPS) is 14.2. The molecule has 0 fully saturated rings. The first-order valence-corrected chi connectivity index (χ1v) is 6.73. The number of nitrogens with two attached hydrogens (primary N) is 2. The standard InChI is InChI=1S/C14H22ClN3O/c1-9(2)7-14(3,8-16)18-11-6-4-5-10(15)12(11)13(17)19/h4-6,9,18H,7-8,16H2,1-3H3,(H2,17,19). The average Bonchev–Trinajstić information content (AvgIpc) is 2.27. The van der Waals surface area contributed by atoms with Crippen molar-refractivity contribution >= 4 is 23.2 Å². The van der Waals surface area contributed by atoms with Crippen molar-refractivity contribution in [3.63, 3.8) is 0 Å². The summed E-state index contributed by atoms with van der Waals surface area (Å²) in [6, 6.07) is 5.22. The first-order chi connectivity index (χ1) is 8.79. The second-order valence-electron chi connectivity index (χ2n) is 5.51. The third kappa shape index (κ3) is 4.11. The maximum Gasteiger partial charge on any atom is 0.252 e. The predicted molar refractivity (Wildman–Crippen MR) is 80.5 cm³/mol. The summed E-state index contributed by atoms with van der Waals surface area (Å²) in [5.74, 6) is -0.0609. The Bertz CT molecular complexity index is 462. The number of rotatable bonds is 6. The van der Waals surface area contributed by atoms with Gasteiger partial charge >= 0.3 is 0 Å². The highest BCUT2D eigenvalue weighted by molar-refractivity contribution is 6.34. The Hall–Kier alpha value is -1.26. The average molecular weight is 284 g/mol. The summed E-state index contributed by atoms with van der Waals surface area (Å²) < 4.78 is 0. The lowest BCUT2D eigenvalue weighted by atomic mass is 9.90. The second-order valence-corrected chi connectivity index (χ2v) is 5.92. The van der Waals surface area contributed by atoms with Gasteiger partial charge in [0.25, 0.3) is 5.91 Å². The molecule has 1 aromatic rings. The van der Waals surface area contributed by atoms with Crippen molar-refractivity contribution in [2.45, 2.75) is 32.7 Å². The molecule has 1 unspecified atom stereocenters. The number of carbonyl (C=O) groups is 1. The lowest BCUT2D eigenvalue weighted by molar-refractivity contribution is 0.100. The molecule has 0 heterocycles. The van der Waals surface area contributed by atoms with E-state index in [2.05, 4.69) is 19.2 Å². The van der Waals surface area contributed by atoms with Crippen molar-refractivity contribution in [3.8, 4) is 0 Å². The van der Waals surface area contributed by atoms with E-state index in [9.17, 15) is 4.79 Å². The number of hydrogen-bond acceptors (Lipinski definition) is 3. The molecular formula is C14H22ClN3O. The van der Waals surface area contributed by atoms with E-state index >= 15 is 0 Å². The number of primary amides is 1. The lowest BCUT2D eigenvalue weighted by Gasteiger charge is -2.33. The van der Waals surface area contributed by atoms with Gasteiger partial charge in [-0.15, -0.1) is 0 Å². The summed E-state index contributed by atoms with van der Waals surface area (Å²) in [4.78, 5) is 11.5. The van der Waals surface area contributed by atoms with Gasteiger partial charge in [0, 0.05) is 17.8 Å². The molecule has 1 aromatic carbocycles. The van der Waals surface area contributed by atoms with E-state index < -0.39 is 5.91 Å². The first kappa shape index (κ1) is 15.8. The van der Waals surface area contributed by atoms with Crippen molar-refractivity contribution in [2.75, 3.05) is 11.9 Å². The number of benzene rings is 1. The minimum atomic E-state index is -0.544. The third-order valence-corrected chi connectivity index (χ3v) is 3.32. The molecule has 0 spiro atoms. The molecule has 0 saturated carbocycles. The van der Waals surface area contributed by atoms with Crippen molar-refractivity contribution in [3.05, 3.63) is 28.8 Å². The highest BCUT2D eigenvalue weighted by Crippen LogP contribution is 2.28. The van der Waals surface area contributed by atoms with Gasteiger partial charge in [-0.1, -0.05) is 31.5 Å². The van der Waals surface area contributed by atoms with E-state index in [1.165, 1.54) is 0 Å². The van der Waals surface area contributed by atoms with Crippen LogP contribution in [-0.4, -0.2) is 18.0 Å². The Kier molecular flexibility index (Phi) is 5.20. The van der Waals surface area contributed by atoms with Gasteiger partial charge < -0.3 is 16.8 Å². The SMILES string of the molecule is CC(C)CC(C)(CN)Nc1cccc(Cl)c1C(N)=O. The van der Waals surface area contributed by atoms with E-state index in [1.54, 1.807) is 18.2 Å². The van der Waals surface area contributed by atoms with Gasteiger partial charge in [-0.2, -0.15) is 0 Å². The van der Waals surface area contributed by atoms with E-state index in [1.807, 2.05) is 6.92 Å².